The highest BCUT2D eigenvalue weighted by Crippen LogP contribution is 1.87. The second-order valence-electron chi connectivity index (χ2n) is 1.42. The van der Waals surface area contributed by atoms with Gasteiger partial charge in [0.05, 0.1) is 6.08 Å². The maximum absolute atomic E-state index is 10.1. The third kappa shape index (κ3) is 3.28. The molecule has 0 spiro atoms. The quantitative estimate of drug-likeness (QED) is 0.410. The monoisotopic (exact) mass is 130 g/mol. The molecule has 0 aromatic rings. The van der Waals surface area contributed by atoms with Crippen LogP contribution in [0.25, 0.3) is 0 Å². The highest BCUT2D eigenvalue weighted by atomic mass is 16.4. The standard InChI is InChI=1S/C5H6O4/c1-3(6)4(7)2-5(8)9/h2,7H,1H3,(H,8,9)/b4-2-. The molecule has 50 valence electrons. The third-order valence-corrected chi connectivity index (χ3v) is 0.621. The van der Waals surface area contributed by atoms with Gasteiger partial charge < -0.3 is 10.2 Å². The Labute approximate surface area is 51.4 Å². The van der Waals surface area contributed by atoms with Crippen molar-refractivity contribution in [2.45, 2.75) is 6.92 Å². The largest absolute Gasteiger partial charge is 0.504 e. The molecule has 2 N–H and O–H groups in total. The summed E-state index contributed by atoms with van der Waals surface area (Å²) in [5, 5.41) is 16.4. The number of allylic oxidation sites excluding steroid dienone is 1. The van der Waals surface area contributed by atoms with Crippen molar-refractivity contribution in [1.29, 1.82) is 0 Å². The Hall–Kier alpha value is -1.32. The molecule has 0 aliphatic carbocycles. The van der Waals surface area contributed by atoms with Crippen LogP contribution in [0.15, 0.2) is 11.8 Å². The van der Waals surface area contributed by atoms with Crippen LogP contribution in [-0.4, -0.2) is 22.0 Å². The number of carbonyl (C=O) groups is 2. The summed E-state index contributed by atoms with van der Waals surface area (Å²) in [6.07, 6.45) is 0.447. The van der Waals surface area contributed by atoms with E-state index >= 15 is 0 Å². The maximum atomic E-state index is 10.1. The molecule has 0 unspecified atom stereocenters. The number of Topliss-reactive ketones (excluding diaryl/α,β-unsaturated/α-hetero) is 1. The van der Waals surface area contributed by atoms with E-state index in [2.05, 4.69) is 0 Å². The zero-order valence-electron chi connectivity index (χ0n) is 4.79. The number of ketones is 1. The smallest absolute Gasteiger partial charge is 0.332 e. The Bertz CT molecular complexity index is 168. The lowest BCUT2D eigenvalue weighted by molar-refractivity contribution is -0.132. The zero-order chi connectivity index (χ0) is 7.44. The molecule has 0 saturated carbocycles. The third-order valence-electron chi connectivity index (χ3n) is 0.621. The Morgan fingerprint density at radius 1 is 1.33 bits per heavy atom. The number of hydrogen-bond donors (Lipinski definition) is 2. The minimum Gasteiger partial charge on any atom is -0.504 e. The lowest BCUT2D eigenvalue weighted by atomic mass is 10.3. The zero-order valence-corrected chi connectivity index (χ0v) is 4.79. The first-order chi connectivity index (χ1) is 4.04. The van der Waals surface area contributed by atoms with Crippen LogP contribution in [-0.2, 0) is 9.59 Å². The average Bonchev–Trinajstić information content (AvgIpc) is 1.63. The van der Waals surface area contributed by atoms with E-state index in [4.69, 9.17) is 10.2 Å². The summed E-state index contributed by atoms with van der Waals surface area (Å²) < 4.78 is 0. The SMILES string of the molecule is CC(=O)/C(O)=C/C(=O)O. The second kappa shape index (κ2) is 2.86. The summed E-state index contributed by atoms with van der Waals surface area (Å²) >= 11 is 0. The molecule has 0 saturated heterocycles. The topological polar surface area (TPSA) is 74.6 Å². The van der Waals surface area contributed by atoms with Crippen LogP contribution < -0.4 is 0 Å². The van der Waals surface area contributed by atoms with Gasteiger partial charge in [0.25, 0.3) is 0 Å². The normalized spacial score (nSPS) is 11.0. The lowest BCUT2D eigenvalue weighted by Gasteiger charge is -1.86. The van der Waals surface area contributed by atoms with Crippen LogP contribution in [0.2, 0.25) is 0 Å². The van der Waals surface area contributed by atoms with Crippen molar-refractivity contribution in [2.75, 3.05) is 0 Å². The van der Waals surface area contributed by atoms with Crippen LogP contribution in [0.4, 0.5) is 0 Å². The summed E-state index contributed by atoms with van der Waals surface area (Å²) in [6, 6.07) is 0. The van der Waals surface area contributed by atoms with Crippen LogP contribution >= 0.6 is 0 Å². The van der Waals surface area contributed by atoms with Gasteiger partial charge in [-0.05, 0) is 0 Å². The van der Waals surface area contributed by atoms with E-state index in [0.29, 0.717) is 6.08 Å². The first kappa shape index (κ1) is 7.68. The molecule has 0 heterocycles. The summed E-state index contributed by atoms with van der Waals surface area (Å²) in [7, 11) is 0. The highest BCUT2D eigenvalue weighted by Gasteiger charge is 2.00. The molecular weight excluding hydrogens is 124 g/mol. The fraction of sp³-hybridized carbons (Fsp3) is 0.200. The van der Waals surface area contributed by atoms with Gasteiger partial charge in [-0.2, -0.15) is 0 Å². The summed E-state index contributed by atoms with van der Waals surface area (Å²) in [5.74, 6) is -2.72. The van der Waals surface area contributed by atoms with Crippen LogP contribution in [0.5, 0.6) is 0 Å². The molecule has 0 aromatic carbocycles. The Kier molecular flexibility index (Phi) is 2.44. The van der Waals surface area contributed by atoms with Crippen molar-refractivity contribution in [2.24, 2.45) is 0 Å². The summed E-state index contributed by atoms with van der Waals surface area (Å²) in [5.41, 5.74) is 0. The van der Waals surface area contributed by atoms with Crippen molar-refractivity contribution in [1.82, 2.24) is 0 Å². The second-order valence-corrected chi connectivity index (χ2v) is 1.42. The number of aliphatic carboxylic acids is 1. The molecule has 0 fully saturated rings. The van der Waals surface area contributed by atoms with Gasteiger partial charge in [0, 0.05) is 6.92 Å². The first-order valence-corrected chi connectivity index (χ1v) is 2.18. The van der Waals surface area contributed by atoms with E-state index in [1.165, 1.54) is 0 Å². The van der Waals surface area contributed by atoms with Gasteiger partial charge in [0.1, 0.15) is 0 Å². The Balaban J connectivity index is 4.17. The minimum absolute atomic E-state index is 0.447. The van der Waals surface area contributed by atoms with E-state index in [1.807, 2.05) is 0 Å². The van der Waals surface area contributed by atoms with Crippen molar-refractivity contribution < 1.29 is 19.8 Å². The van der Waals surface area contributed by atoms with Crippen molar-refractivity contribution in [3.8, 4) is 0 Å². The molecule has 0 aliphatic rings. The fourth-order valence-electron chi connectivity index (χ4n) is 0.219. The average molecular weight is 130 g/mol. The molecule has 0 atom stereocenters. The van der Waals surface area contributed by atoms with Gasteiger partial charge in [-0.3, -0.25) is 4.79 Å². The predicted molar refractivity (Wildman–Crippen MR) is 29.0 cm³/mol. The van der Waals surface area contributed by atoms with Crippen molar-refractivity contribution in [3.63, 3.8) is 0 Å². The molecule has 4 heteroatoms. The Morgan fingerprint density at radius 2 is 1.78 bits per heavy atom. The van der Waals surface area contributed by atoms with Gasteiger partial charge >= 0.3 is 5.97 Å². The number of rotatable bonds is 2. The van der Waals surface area contributed by atoms with E-state index in [1.54, 1.807) is 0 Å². The van der Waals surface area contributed by atoms with Crippen LogP contribution in [0.1, 0.15) is 6.92 Å². The van der Waals surface area contributed by atoms with Crippen LogP contribution in [0.3, 0.4) is 0 Å². The van der Waals surface area contributed by atoms with Gasteiger partial charge in [-0.15, -0.1) is 0 Å². The van der Waals surface area contributed by atoms with Gasteiger partial charge in [0.15, 0.2) is 11.5 Å². The van der Waals surface area contributed by atoms with E-state index in [0.717, 1.165) is 6.92 Å². The van der Waals surface area contributed by atoms with Gasteiger partial charge in [-0.1, -0.05) is 0 Å². The molecule has 0 bridgehead atoms. The van der Waals surface area contributed by atoms with Gasteiger partial charge in [0.2, 0.25) is 0 Å². The fourth-order valence-corrected chi connectivity index (χ4v) is 0.219. The maximum Gasteiger partial charge on any atom is 0.332 e. The molecule has 0 radical (unpaired) electrons. The predicted octanol–water partition coefficient (Wildman–Crippen LogP) is 0.102. The molecule has 9 heavy (non-hydrogen) atoms. The molecule has 4 nitrogen and oxygen atoms in total. The number of aliphatic hydroxyl groups is 1. The van der Waals surface area contributed by atoms with Gasteiger partial charge in [-0.25, -0.2) is 4.79 Å². The summed E-state index contributed by atoms with van der Waals surface area (Å²) in [6.45, 7) is 1.08. The van der Waals surface area contributed by atoms with E-state index in [9.17, 15) is 9.59 Å². The van der Waals surface area contributed by atoms with Crippen molar-refractivity contribution >= 4 is 11.8 Å². The number of carboxylic acid groups (broad SMARTS) is 1. The lowest BCUT2D eigenvalue weighted by Crippen LogP contribution is -1.99. The number of carboxylic acids is 1. The minimum atomic E-state index is -1.33. The first-order valence-electron chi connectivity index (χ1n) is 2.18. The highest BCUT2D eigenvalue weighted by molar-refractivity contribution is 5.96. The number of aliphatic hydroxyl groups excluding tert-OH is 1. The molecule has 0 aliphatic heterocycles. The molecule has 0 aromatic heterocycles. The molecular formula is C5H6O4. The summed E-state index contributed by atoms with van der Waals surface area (Å²) in [4.78, 5) is 19.8. The molecule has 0 amide bonds. The number of carbonyl (C=O) groups excluding carboxylic acids is 1. The van der Waals surface area contributed by atoms with Crippen LogP contribution in [0, 0.1) is 0 Å². The number of hydrogen-bond acceptors (Lipinski definition) is 3. The Morgan fingerprint density at radius 3 is 1.89 bits per heavy atom. The molecule has 0 rings (SSSR count). The van der Waals surface area contributed by atoms with E-state index in [-0.39, 0.29) is 0 Å². The van der Waals surface area contributed by atoms with Crippen molar-refractivity contribution in [3.05, 3.63) is 11.8 Å². The van der Waals surface area contributed by atoms with E-state index < -0.39 is 17.5 Å².